The molecule has 0 spiro atoms. The van der Waals surface area contributed by atoms with Crippen molar-refractivity contribution in [2.45, 2.75) is 26.7 Å². The van der Waals surface area contributed by atoms with E-state index in [1.54, 1.807) is 6.07 Å². The molecular formula is C15H16O3. The number of carbonyl (C=O) groups excluding carboxylic acids is 2. The number of allylic oxidation sites excluding steroid dienone is 2. The number of hydrogen-bond donors (Lipinski definition) is 0. The van der Waals surface area contributed by atoms with Crippen molar-refractivity contribution in [3.8, 4) is 0 Å². The lowest BCUT2D eigenvalue weighted by Crippen LogP contribution is -2.20. The third-order valence-electron chi connectivity index (χ3n) is 2.97. The maximum absolute atomic E-state index is 12.3. The lowest BCUT2D eigenvalue weighted by Gasteiger charge is -2.18. The zero-order chi connectivity index (χ0) is 13.1. The van der Waals surface area contributed by atoms with Gasteiger partial charge in [0.1, 0.15) is 0 Å². The van der Waals surface area contributed by atoms with Crippen LogP contribution in [0, 0.1) is 0 Å². The van der Waals surface area contributed by atoms with E-state index in [1.165, 1.54) is 6.08 Å². The summed E-state index contributed by atoms with van der Waals surface area (Å²) in [5.41, 5.74) is 1.90. The largest absolute Gasteiger partial charge is 0.489 e. The Bertz CT molecular complexity index is 527. The summed E-state index contributed by atoms with van der Waals surface area (Å²) in [6.07, 6.45) is 2.84. The van der Waals surface area contributed by atoms with Gasteiger partial charge in [0.15, 0.2) is 11.5 Å². The van der Waals surface area contributed by atoms with Crippen LogP contribution in [0.5, 0.6) is 0 Å². The predicted octanol–water partition coefficient (Wildman–Crippen LogP) is 2.94. The van der Waals surface area contributed by atoms with Crippen LogP contribution in [-0.2, 0) is 11.2 Å². The monoisotopic (exact) mass is 244 g/mol. The maximum Gasteiger partial charge on any atom is 0.228 e. The number of rotatable bonds is 4. The number of carbonyl (C=O) groups is 2. The molecule has 3 heteroatoms. The molecule has 94 valence electrons. The fraction of sp³-hybridized carbons (Fsp3) is 0.333. The summed E-state index contributed by atoms with van der Waals surface area (Å²) in [5, 5.41) is 0. The molecule has 1 aromatic carbocycles. The Balaban J connectivity index is 2.45. The van der Waals surface area contributed by atoms with Crippen LogP contribution in [0.3, 0.4) is 0 Å². The number of ether oxygens (including phenoxy) is 1. The summed E-state index contributed by atoms with van der Waals surface area (Å²) in [7, 11) is 0. The molecule has 0 aliphatic heterocycles. The first-order valence-corrected chi connectivity index (χ1v) is 6.24. The van der Waals surface area contributed by atoms with E-state index in [-0.39, 0.29) is 17.3 Å². The Kier molecular flexibility index (Phi) is 3.60. The van der Waals surface area contributed by atoms with E-state index in [2.05, 4.69) is 0 Å². The van der Waals surface area contributed by atoms with Gasteiger partial charge >= 0.3 is 0 Å². The quantitative estimate of drug-likeness (QED) is 0.817. The summed E-state index contributed by atoms with van der Waals surface area (Å²) in [4.78, 5) is 24.3. The molecule has 0 saturated heterocycles. The number of benzene rings is 1. The normalized spacial score (nSPS) is 14.2. The summed E-state index contributed by atoms with van der Waals surface area (Å²) < 4.78 is 5.36. The number of ketones is 2. The van der Waals surface area contributed by atoms with Gasteiger partial charge < -0.3 is 4.74 Å². The van der Waals surface area contributed by atoms with Crippen LogP contribution >= 0.6 is 0 Å². The molecule has 18 heavy (non-hydrogen) atoms. The second-order valence-electron chi connectivity index (χ2n) is 4.24. The fourth-order valence-electron chi connectivity index (χ4n) is 2.07. The number of fused-ring (bicyclic) bond motifs is 1. The summed E-state index contributed by atoms with van der Waals surface area (Å²) in [6, 6.07) is 5.39. The molecule has 0 aromatic heterocycles. The number of Topliss-reactive ketones (excluding diaryl/α,β-unsaturated/α-hetero) is 1. The fourth-order valence-corrected chi connectivity index (χ4v) is 2.07. The highest BCUT2D eigenvalue weighted by molar-refractivity contribution is 6.24. The molecular weight excluding hydrogens is 228 g/mol. The zero-order valence-corrected chi connectivity index (χ0v) is 10.7. The molecule has 0 saturated carbocycles. The van der Waals surface area contributed by atoms with Gasteiger partial charge in [0.25, 0.3) is 0 Å². The minimum absolute atomic E-state index is 0.147. The van der Waals surface area contributed by atoms with Gasteiger partial charge in [-0.1, -0.05) is 32.0 Å². The molecule has 0 bridgehead atoms. The second kappa shape index (κ2) is 5.17. The van der Waals surface area contributed by atoms with Crippen molar-refractivity contribution >= 4 is 11.6 Å². The van der Waals surface area contributed by atoms with E-state index in [9.17, 15) is 9.59 Å². The topological polar surface area (TPSA) is 43.4 Å². The average molecular weight is 244 g/mol. The van der Waals surface area contributed by atoms with Crippen molar-refractivity contribution in [1.29, 1.82) is 0 Å². The highest BCUT2D eigenvalue weighted by Crippen LogP contribution is 2.25. The number of aryl methyl sites for hydroxylation is 1. The first-order chi connectivity index (χ1) is 8.69. The molecule has 0 amide bonds. The Labute approximate surface area is 106 Å². The second-order valence-corrected chi connectivity index (χ2v) is 4.24. The molecule has 1 aliphatic rings. The van der Waals surface area contributed by atoms with Crippen molar-refractivity contribution < 1.29 is 14.3 Å². The van der Waals surface area contributed by atoms with Crippen molar-refractivity contribution in [3.05, 3.63) is 46.7 Å². The van der Waals surface area contributed by atoms with Crippen molar-refractivity contribution in [2.75, 3.05) is 6.61 Å². The molecule has 0 atom stereocenters. The van der Waals surface area contributed by atoms with Crippen LogP contribution in [0.1, 0.15) is 46.5 Å². The third-order valence-corrected chi connectivity index (χ3v) is 2.97. The van der Waals surface area contributed by atoms with Gasteiger partial charge in [-0.05, 0) is 18.4 Å². The molecule has 0 heterocycles. The van der Waals surface area contributed by atoms with E-state index >= 15 is 0 Å². The van der Waals surface area contributed by atoms with E-state index in [4.69, 9.17) is 4.74 Å². The smallest absolute Gasteiger partial charge is 0.228 e. The molecule has 0 N–H and O–H groups in total. The predicted molar refractivity (Wildman–Crippen MR) is 68.8 cm³/mol. The molecule has 0 fully saturated rings. The molecule has 1 aromatic rings. The van der Waals surface area contributed by atoms with E-state index in [1.807, 2.05) is 26.0 Å². The van der Waals surface area contributed by atoms with Crippen LogP contribution in [0.15, 0.2) is 30.0 Å². The lowest BCUT2D eigenvalue weighted by molar-refractivity contribution is 0.0882. The zero-order valence-electron chi connectivity index (χ0n) is 10.7. The van der Waals surface area contributed by atoms with Gasteiger partial charge in [-0.15, -0.1) is 0 Å². The average Bonchev–Trinajstić information content (AvgIpc) is 2.40. The van der Waals surface area contributed by atoms with Crippen LogP contribution in [0.2, 0.25) is 0 Å². The van der Waals surface area contributed by atoms with Gasteiger partial charge in [0.2, 0.25) is 5.78 Å². The molecule has 1 aliphatic carbocycles. The highest BCUT2D eigenvalue weighted by Gasteiger charge is 2.28. The van der Waals surface area contributed by atoms with Gasteiger partial charge in [-0.2, -0.15) is 0 Å². The Morgan fingerprint density at radius 1 is 1.17 bits per heavy atom. The minimum atomic E-state index is -0.171. The minimum Gasteiger partial charge on any atom is -0.489 e. The molecule has 2 rings (SSSR count). The van der Waals surface area contributed by atoms with E-state index < -0.39 is 0 Å². The first kappa shape index (κ1) is 12.6. The molecule has 0 unspecified atom stereocenters. The standard InChI is InChI=1S/C15H16O3/c1-3-8-18-13-9-12(16)11-7-5-6-10(4-2)14(11)15(13)17/h5-7,9H,3-4,8H2,1-2H3. The first-order valence-electron chi connectivity index (χ1n) is 6.24. The van der Waals surface area contributed by atoms with Gasteiger partial charge in [0.05, 0.1) is 6.61 Å². The van der Waals surface area contributed by atoms with Crippen LogP contribution in [0.4, 0.5) is 0 Å². The Morgan fingerprint density at radius 2 is 1.94 bits per heavy atom. The molecule has 0 radical (unpaired) electrons. The summed E-state index contributed by atoms with van der Waals surface area (Å²) >= 11 is 0. The summed E-state index contributed by atoms with van der Waals surface area (Å²) in [5.74, 6) is -0.142. The maximum atomic E-state index is 12.3. The SMILES string of the molecule is CCCOC1=CC(=O)c2cccc(CC)c2C1=O. The highest BCUT2D eigenvalue weighted by atomic mass is 16.5. The number of hydrogen-bond acceptors (Lipinski definition) is 3. The lowest BCUT2D eigenvalue weighted by atomic mass is 9.89. The van der Waals surface area contributed by atoms with E-state index in [0.717, 1.165) is 18.4 Å². The Morgan fingerprint density at radius 3 is 2.61 bits per heavy atom. The van der Waals surface area contributed by atoms with Gasteiger partial charge in [-0.3, -0.25) is 9.59 Å². The van der Waals surface area contributed by atoms with Gasteiger partial charge in [-0.25, -0.2) is 0 Å². The van der Waals surface area contributed by atoms with Crippen molar-refractivity contribution in [3.63, 3.8) is 0 Å². The van der Waals surface area contributed by atoms with Crippen molar-refractivity contribution in [2.24, 2.45) is 0 Å². The van der Waals surface area contributed by atoms with Crippen LogP contribution in [-0.4, -0.2) is 18.2 Å². The van der Waals surface area contributed by atoms with E-state index in [0.29, 0.717) is 17.7 Å². The third kappa shape index (κ3) is 2.08. The van der Waals surface area contributed by atoms with Gasteiger partial charge in [0, 0.05) is 17.2 Å². The van der Waals surface area contributed by atoms with Crippen LogP contribution < -0.4 is 0 Å². The molecule has 3 nitrogen and oxygen atoms in total. The van der Waals surface area contributed by atoms with Crippen molar-refractivity contribution in [1.82, 2.24) is 0 Å². The van der Waals surface area contributed by atoms with Crippen LogP contribution in [0.25, 0.3) is 0 Å². The Hall–Kier alpha value is -1.90. The summed E-state index contributed by atoms with van der Waals surface area (Å²) in [6.45, 7) is 4.38.